The number of anilines is 2. The number of benzene rings is 1. The van der Waals surface area contributed by atoms with Crippen molar-refractivity contribution in [3.8, 4) is 0 Å². The van der Waals surface area contributed by atoms with E-state index in [2.05, 4.69) is 34.0 Å². The lowest BCUT2D eigenvalue weighted by Crippen LogP contribution is -2.49. The number of nitrogens with zero attached hydrogens (tertiary/aromatic N) is 3. The first-order valence-electron chi connectivity index (χ1n) is 11.3. The number of piperazine rings is 1. The van der Waals surface area contributed by atoms with Crippen LogP contribution < -0.4 is 10.2 Å². The number of aromatic amines is 1. The summed E-state index contributed by atoms with van der Waals surface area (Å²) in [6.07, 6.45) is 2.41. The number of fused-ring (bicyclic) bond motifs is 1. The van der Waals surface area contributed by atoms with Gasteiger partial charge in [0.2, 0.25) is 0 Å². The molecule has 10 nitrogen and oxygen atoms in total. The van der Waals surface area contributed by atoms with Gasteiger partial charge in [-0.05, 0) is 38.1 Å². The van der Waals surface area contributed by atoms with Crippen molar-refractivity contribution >= 4 is 45.8 Å². The highest BCUT2D eigenvalue weighted by Crippen LogP contribution is 2.27. The number of carboxylic acid groups (broad SMARTS) is 1. The largest absolute Gasteiger partial charge is 0.507 e. The lowest BCUT2D eigenvalue weighted by molar-refractivity contribution is -0.146. The van der Waals surface area contributed by atoms with Crippen LogP contribution in [0.25, 0.3) is 16.7 Å². The lowest BCUT2D eigenvalue weighted by atomic mass is 10.1. The van der Waals surface area contributed by atoms with Crippen molar-refractivity contribution in [3.05, 3.63) is 59.9 Å². The number of hydrogen-bond donors (Lipinski definition) is 4. The van der Waals surface area contributed by atoms with Crippen LogP contribution in [0.1, 0.15) is 29.9 Å². The number of aliphatic carboxylic acids is 1. The summed E-state index contributed by atoms with van der Waals surface area (Å²) in [5.74, 6) is -2.71. The molecule has 0 unspecified atom stereocenters. The van der Waals surface area contributed by atoms with Gasteiger partial charge < -0.3 is 30.3 Å². The molecule has 1 aromatic carbocycles. The SMILES string of the molecule is CC(C)Nc1cccnc1N1CCN(C(=O)c2cc3cccc(C(O)=CC(=O)C(=O)O)c3[nH]2)CC1. The van der Waals surface area contributed by atoms with Gasteiger partial charge in [0.05, 0.1) is 11.2 Å². The smallest absolute Gasteiger partial charge is 0.376 e. The quantitative estimate of drug-likeness (QED) is 0.231. The van der Waals surface area contributed by atoms with Crippen molar-refractivity contribution in [2.24, 2.45) is 0 Å². The molecule has 182 valence electrons. The number of pyridine rings is 1. The number of carboxylic acids is 1. The standard InChI is InChI=1S/C25H27N5O5/c1-15(2)27-18-7-4-8-26-23(18)29-9-11-30(12-10-29)24(33)19-13-16-5-3-6-17(22(16)28-19)20(31)14-21(32)25(34)35/h3-8,13-15,27-28,31H,9-12H2,1-2H3,(H,34,35). The zero-order chi connectivity index (χ0) is 25.1. The Bertz CT molecular complexity index is 1300. The molecule has 0 bridgehead atoms. The van der Waals surface area contributed by atoms with Gasteiger partial charge in [-0.15, -0.1) is 0 Å². The van der Waals surface area contributed by atoms with Crippen LogP contribution in [0.2, 0.25) is 0 Å². The number of para-hydroxylation sites is 1. The van der Waals surface area contributed by atoms with Crippen molar-refractivity contribution in [1.29, 1.82) is 0 Å². The zero-order valence-electron chi connectivity index (χ0n) is 19.5. The van der Waals surface area contributed by atoms with Crippen molar-refractivity contribution < 1.29 is 24.6 Å². The molecular weight excluding hydrogens is 450 g/mol. The molecular formula is C25H27N5O5. The number of aliphatic hydroxyl groups is 1. The Morgan fingerprint density at radius 3 is 2.51 bits per heavy atom. The summed E-state index contributed by atoms with van der Waals surface area (Å²) in [7, 11) is 0. The number of nitrogens with one attached hydrogen (secondary N) is 2. The van der Waals surface area contributed by atoms with Crippen LogP contribution in [0, 0.1) is 0 Å². The molecule has 3 aromatic rings. The minimum atomic E-state index is -1.66. The van der Waals surface area contributed by atoms with Crippen molar-refractivity contribution in [3.63, 3.8) is 0 Å². The van der Waals surface area contributed by atoms with E-state index in [4.69, 9.17) is 5.11 Å². The third-order valence-corrected chi connectivity index (χ3v) is 5.74. The molecule has 0 saturated carbocycles. The van der Waals surface area contributed by atoms with E-state index in [1.165, 1.54) is 0 Å². The summed E-state index contributed by atoms with van der Waals surface area (Å²) in [6, 6.07) is 10.8. The van der Waals surface area contributed by atoms with Gasteiger partial charge in [0.1, 0.15) is 11.5 Å². The minimum absolute atomic E-state index is 0.182. The van der Waals surface area contributed by atoms with Crippen LogP contribution >= 0.6 is 0 Å². The number of aromatic nitrogens is 2. The molecule has 0 atom stereocenters. The van der Waals surface area contributed by atoms with E-state index in [9.17, 15) is 19.5 Å². The van der Waals surface area contributed by atoms with Crippen LogP contribution in [-0.4, -0.2) is 75.0 Å². The van der Waals surface area contributed by atoms with Crippen molar-refractivity contribution in [2.75, 3.05) is 36.4 Å². The predicted molar refractivity (Wildman–Crippen MR) is 133 cm³/mol. The van der Waals surface area contributed by atoms with E-state index in [1.54, 1.807) is 35.4 Å². The molecule has 1 amide bonds. The van der Waals surface area contributed by atoms with Crippen molar-refractivity contribution in [2.45, 2.75) is 19.9 Å². The second-order valence-corrected chi connectivity index (χ2v) is 8.60. The van der Waals surface area contributed by atoms with E-state index < -0.39 is 17.5 Å². The monoisotopic (exact) mass is 477 g/mol. The summed E-state index contributed by atoms with van der Waals surface area (Å²) >= 11 is 0. The zero-order valence-corrected chi connectivity index (χ0v) is 19.5. The number of ketones is 1. The van der Waals surface area contributed by atoms with Crippen molar-refractivity contribution in [1.82, 2.24) is 14.9 Å². The van der Waals surface area contributed by atoms with E-state index in [1.807, 2.05) is 12.1 Å². The fourth-order valence-corrected chi connectivity index (χ4v) is 4.11. The maximum absolute atomic E-state index is 13.2. The molecule has 1 saturated heterocycles. The number of rotatable bonds is 7. The van der Waals surface area contributed by atoms with Crippen LogP contribution in [0.5, 0.6) is 0 Å². The fraction of sp³-hybridized carbons (Fsp3) is 0.280. The Morgan fingerprint density at radius 2 is 1.83 bits per heavy atom. The second-order valence-electron chi connectivity index (χ2n) is 8.60. The minimum Gasteiger partial charge on any atom is -0.507 e. The molecule has 0 radical (unpaired) electrons. The van der Waals surface area contributed by atoms with Crippen LogP contribution in [0.4, 0.5) is 11.5 Å². The fourth-order valence-electron chi connectivity index (χ4n) is 4.11. The molecule has 2 aromatic heterocycles. The topological polar surface area (TPSA) is 139 Å². The Labute approximate surface area is 201 Å². The number of hydrogen-bond acceptors (Lipinski definition) is 7. The molecule has 3 heterocycles. The van der Waals surface area contributed by atoms with Gasteiger partial charge in [0.25, 0.3) is 11.7 Å². The number of aliphatic hydroxyl groups excluding tert-OH is 1. The van der Waals surface area contributed by atoms with Crippen LogP contribution in [-0.2, 0) is 9.59 Å². The highest BCUT2D eigenvalue weighted by atomic mass is 16.4. The van der Waals surface area contributed by atoms with E-state index in [0.717, 1.165) is 11.5 Å². The number of amides is 1. The summed E-state index contributed by atoms with van der Waals surface area (Å²) in [5.41, 5.74) is 1.98. The molecule has 1 fully saturated rings. The first-order chi connectivity index (χ1) is 16.7. The first-order valence-corrected chi connectivity index (χ1v) is 11.3. The normalized spacial score (nSPS) is 14.4. The molecule has 0 aliphatic carbocycles. The molecule has 4 N–H and O–H groups in total. The average molecular weight is 478 g/mol. The summed E-state index contributed by atoms with van der Waals surface area (Å²) in [6.45, 7) is 6.41. The molecule has 35 heavy (non-hydrogen) atoms. The maximum Gasteiger partial charge on any atom is 0.376 e. The van der Waals surface area contributed by atoms with Gasteiger partial charge in [0, 0.05) is 55.4 Å². The van der Waals surface area contributed by atoms with E-state index in [0.29, 0.717) is 48.9 Å². The second kappa shape index (κ2) is 9.88. The van der Waals surface area contributed by atoms with Gasteiger partial charge in [-0.3, -0.25) is 9.59 Å². The number of carbonyl (C=O) groups is 3. The average Bonchev–Trinajstić information content (AvgIpc) is 3.28. The van der Waals surface area contributed by atoms with Gasteiger partial charge in [-0.25, -0.2) is 9.78 Å². The highest BCUT2D eigenvalue weighted by molar-refractivity contribution is 6.38. The molecule has 1 aliphatic heterocycles. The van der Waals surface area contributed by atoms with Gasteiger partial charge in [-0.1, -0.05) is 12.1 Å². The highest BCUT2D eigenvalue weighted by Gasteiger charge is 2.25. The third kappa shape index (κ3) is 5.11. The Kier molecular flexibility index (Phi) is 6.72. The molecule has 4 rings (SSSR count). The third-order valence-electron chi connectivity index (χ3n) is 5.74. The van der Waals surface area contributed by atoms with Crippen LogP contribution in [0.15, 0.2) is 48.7 Å². The maximum atomic E-state index is 13.2. The molecule has 10 heteroatoms. The first kappa shape index (κ1) is 23.8. The van der Waals surface area contributed by atoms with Gasteiger partial charge >= 0.3 is 5.97 Å². The summed E-state index contributed by atoms with van der Waals surface area (Å²) in [4.78, 5) is 47.0. The lowest BCUT2D eigenvalue weighted by Gasteiger charge is -2.36. The Balaban J connectivity index is 1.51. The summed E-state index contributed by atoms with van der Waals surface area (Å²) < 4.78 is 0. The van der Waals surface area contributed by atoms with Crippen LogP contribution in [0.3, 0.4) is 0 Å². The Hall–Kier alpha value is -4.34. The predicted octanol–water partition coefficient (Wildman–Crippen LogP) is 2.90. The van der Waals surface area contributed by atoms with E-state index in [-0.39, 0.29) is 17.5 Å². The Morgan fingerprint density at radius 1 is 1.09 bits per heavy atom. The molecule has 0 spiro atoms. The van der Waals surface area contributed by atoms with Gasteiger partial charge in [0.15, 0.2) is 5.82 Å². The van der Waals surface area contributed by atoms with E-state index >= 15 is 0 Å². The summed E-state index contributed by atoms with van der Waals surface area (Å²) in [5, 5.41) is 23.1. The number of H-pyrrole nitrogens is 1. The van der Waals surface area contributed by atoms with Gasteiger partial charge in [-0.2, -0.15) is 0 Å². The number of carbonyl (C=O) groups excluding carboxylic acids is 2. The molecule has 1 aliphatic rings.